The number of rotatable bonds is 14. The van der Waals surface area contributed by atoms with Gasteiger partial charge in [0, 0.05) is 50.0 Å². The van der Waals surface area contributed by atoms with Gasteiger partial charge in [-0.2, -0.15) is 18.9 Å². The number of imidazole rings is 2. The molecule has 0 saturated carbocycles. The molecule has 8 aromatic rings. The Morgan fingerprint density at radius 2 is 1.40 bits per heavy atom. The molecule has 2 amide bonds. The number of nitrogens with one attached hydrogen (secondary N) is 4. The van der Waals surface area contributed by atoms with Crippen LogP contribution >= 0.6 is 23.1 Å². The number of amides is 2. The Bertz CT molecular complexity index is 2940. The number of cyclic esters (lactones) is 1. The minimum Gasteiger partial charge on any atom is -0.447 e. The van der Waals surface area contributed by atoms with Crippen LogP contribution in [-0.2, 0) is 36.4 Å². The number of carbonyl (C=O) groups is 2. The lowest BCUT2D eigenvalue weighted by atomic mass is 10.1. The van der Waals surface area contributed by atoms with Crippen LogP contribution in [0.25, 0.3) is 33.8 Å². The van der Waals surface area contributed by atoms with Crippen molar-refractivity contribution in [3.8, 4) is 22.5 Å². The summed E-state index contributed by atoms with van der Waals surface area (Å²) in [6.45, 7) is 9.45. The minimum atomic E-state index is -0.615. The molecule has 9 rings (SSSR count). The summed E-state index contributed by atoms with van der Waals surface area (Å²) in [5.74, 6) is 1.26. The van der Waals surface area contributed by atoms with Gasteiger partial charge in [0.2, 0.25) is 0 Å². The van der Waals surface area contributed by atoms with Gasteiger partial charge in [0.1, 0.15) is 22.2 Å². The topological polar surface area (TPSA) is 243 Å². The van der Waals surface area contributed by atoms with Crippen LogP contribution in [0.5, 0.6) is 0 Å². The number of aliphatic hydroxyl groups excluding tert-OH is 1. The van der Waals surface area contributed by atoms with Crippen LogP contribution in [0.3, 0.4) is 0 Å². The number of alkyl carbamates (subject to hydrolysis) is 2. The lowest BCUT2D eigenvalue weighted by Crippen LogP contribution is -2.41. The standard InChI is InChI=1S/C23H30N8O3S.C19H20N8O2S/c1-14-8-19(35-29-14)28-20-21-24-10-18(15-9-25-30(5)11-15)31(21)12-16(26-20)6-7-17(13-32)27-22(33)34-23(2,3)4;1-11-5-16(30-25-11)24-17-18-20-7-15(12-6-21-26(2)8-12)27(18)9-13(22-17)3-4-14-10-29-19(28)23-14/h8-12,17,32H,6-7,13H2,1-5H3,(H,26,28)(H,27,33);5-9,14H,3-4,10H2,1-2H3,(H,22,24)(H,23,28). The first-order valence-electron chi connectivity index (χ1n) is 20.8. The van der Waals surface area contributed by atoms with Crippen molar-refractivity contribution in [3.63, 3.8) is 0 Å². The van der Waals surface area contributed by atoms with Crippen molar-refractivity contribution >= 4 is 68.2 Å². The summed E-state index contributed by atoms with van der Waals surface area (Å²) in [6, 6.07) is 3.46. The van der Waals surface area contributed by atoms with Gasteiger partial charge < -0.3 is 35.8 Å². The second kappa shape index (κ2) is 19.0. The van der Waals surface area contributed by atoms with E-state index in [2.05, 4.69) is 50.2 Å². The Kier molecular flexibility index (Phi) is 13.1. The number of ether oxygens (including phenoxy) is 2. The zero-order valence-corrected chi connectivity index (χ0v) is 38.6. The van der Waals surface area contributed by atoms with Crippen molar-refractivity contribution in [1.29, 1.82) is 0 Å². The van der Waals surface area contributed by atoms with E-state index in [1.807, 2.05) is 86.1 Å². The van der Waals surface area contributed by atoms with Crippen LogP contribution in [-0.4, -0.2) is 105 Å². The predicted octanol–water partition coefficient (Wildman–Crippen LogP) is 6.14. The number of nitrogens with zero attached hydrogens (tertiary/aromatic N) is 12. The quantitative estimate of drug-likeness (QED) is 0.0823. The number of carbonyl (C=O) groups excluding carboxylic acids is 2. The molecule has 2 atom stereocenters. The molecule has 0 aliphatic carbocycles. The molecule has 1 aliphatic heterocycles. The maximum atomic E-state index is 12.1. The fourth-order valence-electron chi connectivity index (χ4n) is 7.01. The summed E-state index contributed by atoms with van der Waals surface area (Å²) in [5, 5.41) is 32.4. The predicted molar refractivity (Wildman–Crippen MR) is 246 cm³/mol. The summed E-state index contributed by atoms with van der Waals surface area (Å²) in [5.41, 5.74) is 8.02. The fraction of sp³-hybridized carbons (Fsp3) is 0.381. The second-order valence-corrected chi connectivity index (χ2v) is 18.2. The van der Waals surface area contributed by atoms with Gasteiger partial charge in [-0.1, -0.05) is 0 Å². The van der Waals surface area contributed by atoms with Crippen molar-refractivity contribution < 1.29 is 24.2 Å². The van der Waals surface area contributed by atoms with Gasteiger partial charge in [0.05, 0.1) is 77.6 Å². The van der Waals surface area contributed by atoms with Gasteiger partial charge in [-0.3, -0.25) is 18.2 Å². The Balaban J connectivity index is 0.000000179. The van der Waals surface area contributed by atoms with Crippen LogP contribution in [0.4, 0.5) is 31.2 Å². The number of fused-ring (bicyclic) bond motifs is 2. The molecule has 0 radical (unpaired) electrons. The minimum absolute atomic E-state index is 0.00358. The van der Waals surface area contributed by atoms with E-state index in [9.17, 15) is 14.7 Å². The zero-order chi connectivity index (χ0) is 45.8. The van der Waals surface area contributed by atoms with Crippen molar-refractivity contribution in [2.45, 2.75) is 78.0 Å². The normalized spacial score (nSPS) is 14.2. The molecule has 8 aromatic heterocycles. The molecule has 1 saturated heterocycles. The first-order valence-corrected chi connectivity index (χ1v) is 22.4. The molecular weight excluding hydrogens is 873 g/mol. The number of hydrogen-bond donors (Lipinski definition) is 5. The summed E-state index contributed by atoms with van der Waals surface area (Å²) < 4.78 is 26.5. The zero-order valence-electron chi connectivity index (χ0n) is 36.9. The SMILES string of the molecule is Cc1cc(Nc2nc(CCC(CO)NC(=O)OC(C)(C)C)cn3c(-c4cnn(C)c4)cnc23)sn1.Cc1cc(Nc2nc(CCC3COC(=O)N3)cn3c(-c4cnn(C)c4)cnc23)sn1. The average molecular weight is 923 g/mol. The average Bonchev–Trinajstić information content (AvgIpc) is 4.12. The fourth-order valence-corrected chi connectivity index (χ4v) is 8.33. The van der Waals surface area contributed by atoms with Crippen LogP contribution in [0.15, 0.2) is 61.7 Å². The lowest BCUT2D eigenvalue weighted by molar-refractivity contribution is 0.0479. The van der Waals surface area contributed by atoms with Crippen LogP contribution < -0.4 is 21.3 Å². The second-order valence-electron chi connectivity index (χ2n) is 16.6. The number of aryl methyl sites for hydroxylation is 6. The Hall–Kier alpha value is -6.98. The maximum Gasteiger partial charge on any atom is 0.407 e. The molecule has 0 spiro atoms. The molecular formula is C42H50N16O5S2. The van der Waals surface area contributed by atoms with Crippen molar-refractivity contribution in [2.24, 2.45) is 14.1 Å². The van der Waals surface area contributed by atoms with E-state index in [1.165, 1.54) is 23.1 Å². The van der Waals surface area contributed by atoms with E-state index >= 15 is 0 Å². The number of aromatic nitrogens is 12. The molecule has 65 heavy (non-hydrogen) atoms. The largest absolute Gasteiger partial charge is 0.447 e. The van der Waals surface area contributed by atoms with Crippen LogP contribution in [0, 0.1) is 13.8 Å². The first kappa shape index (κ1) is 44.6. The van der Waals surface area contributed by atoms with Crippen molar-refractivity contribution in [3.05, 3.63) is 84.5 Å². The van der Waals surface area contributed by atoms with Gasteiger partial charge in [-0.15, -0.1) is 0 Å². The van der Waals surface area contributed by atoms with Gasteiger partial charge in [-0.25, -0.2) is 29.5 Å². The summed E-state index contributed by atoms with van der Waals surface area (Å²) in [6.07, 6.45) is 16.5. The number of hydrogen-bond acceptors (Lipinski definition) is 17. The van der Waals surface area contributed by atoms with E-state index in [-0.39, 0.29) is 18.7 Å². The number of anilines is 4. The molecule has 2 unspecified atom stereocenters. The van der Waals surface area contributed by atoms with Gasteiger partial charge in [0.15, 0.2) is 22.9 Å². The highest BCUT2D eigenvalue weighted by Gasteiger charge is 2.24. The molecule has 5 N–H and O–H groups in total. The van der Waals surface area contributed by atoms with Crippen molar-refractivity contribution in [2.75, 3.05) is 23.8 Å². The third-order valence-electron chi connectivity index (χ3n) is 10.0. The molecule has 21 nitrogen and oxygen atoms in total. The molecule has 340 valence electrons. The molecule has 1 aliphatic rings. The third-order valence-corrected chi connectivity index (χ3v) is 11.6. The van der Waals surface area contributed by atoms with E-state index < -0.39 is 17.7 Å². The summed E-state index contributed by atoms with van der Waals surface area (Å²) in [4.78, 5) is 42.2. The van der Waals surface area contributed by atoms with Crippen LogP contribution in [0.2, 0.25) is 0 Å². The Labute approximate surface area is 381 Å². The van der Waals surface area contributed by atoms with E-state index in [4.69, 9.17) is 19.4 Å². The molecule has 0 bridgehead atoms. The molecule has 9 heterocycles. The smallest absolute Gasteiger partial charge is 0.407 e. The van der Waals surface area contributed by atoms with E-state index in [0.29, 0.717) is 43.2 Å². The monoisotopic (exact) mass is 922 g/mol. The van der Waals surface area contributed by atoms with Gasteiger partial charge in [-0.05, 0) is 95.5 Å². The van der Waals surface area contributed by atoms with Crippen LogP contribution in [0.1, 0.15) is 56.4 Å². The third kappa shape index (κ3) is 11.0. The highest BCUT2D eigenvalue weighted by Crippen LogP contribution is 2.30. The first-order chi connectivity index (χ1) is 31.2. The lowest BCUT2D eigenvalue weighted by Gasteiger charge is -2.22. The van der Waals surface area contributed by atoms with Gasteiger partial charge >= 0.3 is 12.2 Å². The molecule has 23 heteroatoms. The molecule has 0 aromatic carbocycles. The van der Waals surface area contributed by atoms with Crippen molar-refractivity contribution in [1.82, 2.24) is 67.7 Å². The number of aliphatic hydroxyl groups is 1. The summed E-state index contributed by atoms with van der Waals surface area (Å²) >= 11 is 2.74. The highest BCUT2D eigenvalue weighted by atomic mass is 32.1. The van der Waals surface area contributed by atoms with Gasteiger partial charge in [0.25, 0.3) is 0 Å². The Morgan fingerprint density at radius 1 is 0.862 bits per heavy atom. The summed E-state index contributed by atoms with van der Waals surface area (Å²) in [7, 11) is 3.75. The molecule has 1 fully saturated rings. The maximum absolute atomic E-state index is 12.1. The Morgan fingerprint density at radius 3 is 1.83 bits per heavy atom. The highest BCUT2D eigenvalue weighted by molar-refractivity contribution is 7.10. The van der Waals surface area contributed by atoms with E-state index in [1.54, 1.807) is 42.5 Å². The van der Waals surface area contributed by atoms with E-state index in [0.717, 1.165) is 67.4 Å².